The normalized spacial score (nSPS) is 10.5. The smallest absolute Gasteiger partial charge is 0.400 e. The molecule has 1 aromatic heterocycles. The van der Waals surface area contributed by atoms with E-state index in [4.69, 9.17) is 13.9 Å². The van der Waals surface area contributed by atoms with E-state index < -0.39 is 5.97 Å². The SMILES string of the molecule is COc1ccc(C(=O)O)c(Oc2nc3ccccc3o2)c1. The Morgan fingerprint density at radius 1 is 1.24 bits per heavy atom. The van der Waals surface area contributed by atoms with Gasteiger partial charge in [0.05, 0.1) is 7.11 Å². The fourth-order valence-corrected chi connectivity index (χ4v) is 1.88. The number of fused-ring (bicyclic) bond motifs is 1. The lowest BCUT2D eigenvalue weighted by atomic mass is 10.2. The molecule has 0 saturated carbocycles. The summed E-state index contributed by atoms with van der Waals surface area (Å²) in [7, 11) is 1.49. The van der Waals surface area contributed by atoms with Gasteiger partial charge in [-0.25, -0.2) is 4.79 Å². The number of carboxylic acid groups (broad SMARTS) is 1. The molecule has 0 aliphatic carbocycles. The van der Waals surface area contributed by atoms with Crippen molar-refractivity contribution in [1.82, 2.24) is 4.98 Å². The third-order valence-electron chi connectivity index (χ3n) is 2.89. The summed E-state index contributed by atoms with van der Waals surface area (Å²) >= 11 is 0. The molecule has 3 aromatic rings. The third-order valence-corrected chi connectivity index (χ3v) is 2.89. The van der Waals surface area contributed by atoms with Crippen LogP contribution in [0.5, 0.6) is 17.6 Å². The number of para-hydroxylation sites is 2. The quantitative estimate of drug-likeness (QED) is 0.791. The Bertz CT molecular complexity index is 776. The fraction of sp³-hybridized carbons (Fsp3) is 0.0667. The summed E-state index contributed by atoms with van der Waals surface area (Å²) in [5.74, 6) is -0.525. The number of rotatable bonds is 4. The first-order valence-electron chi connectivity index (χ1n) is 6.12. The van der Waals surface area contributed by atoms with Crippen molar-refractivity contribution in [2.45, 2.75) is 0 Å². The Labute approximate surface area is 119 Å². The van der Waals surface area contributed by atoms with E-state index in [9.17, 15) is 9.90 Å². The Kier molecular flexibility index (Phi) is 3.19. The molecule has 1 heterocycles. The lowest BCUT2D eigenvalue weighted by Gasteiger charge is -2.07. The first-order chi connectivity index (χ1) is 10.2. The molecular weight excluding hydrogens is 274 g/mol. The van der Waals surface area contributed by atoms with Crippen LogP contribution < -0.4 is 9.47 Å². The highest BCUT2D eigenvalue weighted by Crippen LogP contribution is 2.30. The molecule has 0 bridgehead atoms. The molecule has 0 spiro atoms. The van der Waals surface area contributed by atoms with Crippen molar-refractivity contribution in [3.05, 3.63) is 48.0 Å². The van der Waals surface area contributed by atoms with Crippen molar-refractivity contribution in [3.8, 4) is 17.6 Å². The lowest BCUT2D eigenvalue weighted by Crippen LogP contribution is -2.00. The summed E-state index contributed by atoms with van der Waals surface area (Å²) < 4.78 is 15.9. The summed E-state index contributed by atoms with van der Waals surface area (Å²) in [6.07, 6.45) is -0.0213. The van der Waals surface area contributed by atoms with E-state index in [-0.39, 0.29) is 17.4 Å². The molecule has 0 atom stereocenters. The molecule has 0 saturated heterocycles. The minimum atomic E-state index is -1.11. The average molecular weight is 285 g/mol. The van der Waals surface area contributed by atoms with Crippen LogP contribution in [0.3, 0.4) is 0 Å². The molecule has 0 fully saturated rings. The van der Waals surface area contributed by atoms with Crippen LogP contribution in [0.4, 0.5) is 0 Å². The van der Waals surface area contributed by atoms with Gasteiger partial charge in [-0.3, -0.25) is 0 Å². The highest BCUT2D eigenvalue weighted by molar-refractivity contribution is 5.91. The van der Waals surface area contributed by atoms with Gasteiger partial charge in [0.25, 0.3) is 0 Å². The van der Waals surface area contributed by atoms with Gasteiger partial charge in [0.2, 0.25) is 0 Å². The lowest BCUT2D eigenvalue weighted by molar-refractivity contribution is 0.0693. The number of aromatic carboxylic acids is 1. The number of hydrogen-bond donors (Lipinski definition) is 1. The molecule has 1 N–H and O–H groups in total. The van der Waals surface area contributed by atoms with Gasteiger partial charge in [-0.05, 0) is 24.3 Å². The van der Waals surface area contributed by atoms with Crippen LogP contribution in [0, 0.1) is 0 Å². The number of ether oxygens (including phenoxy) is 2. The predicted molar refractivity (Wildman–Crippen MR) is 74.0 cm³/mol. The number of carboxylic acids is 1. The fourth-order valence-electron chi connectivity index (χ4n) is 1.88. The van der Waals surface area contributed by atoms with Crippen LogP contribution in [0.2, 0.25) is 0 Å². The van der Waals surface area contributed by atoms with Crippen molar-refractivity contribution >= 4 is 17.1 Å². The van der Waals surface area contributed by atoms with Gasteiger partial charge in [0.1, 0.15) is 16.8 Å². The molecule has 2 aromatic carbocycles. The number of carbonyl (C=O) groups is 1. The molecule has 0 aliphatic rings. The van der Waals surface area contributed by atoms with Crippen molar-refractivity contribution in [2.24, 2.45) is 0 Å². The van der Waals surface area contributed by atoms with E-state index in [0.717, 1.165) is 0 Å². The molecule has 106 valence electrons. The van der Waals surface area contributed by atoms with Crippen molar-refractivity contribution in [3.63, 3.8) is 0 Å². The number of methoxy groups -OCH3 is 1. The maximum absolute atomic E-state index is 11.2. The van der Waals surface area contributed by atoms with E-state index >= 15 is 0 Å². The molecular formula is C15H11NO5. The monoisotopic (exact) mass is 285 g/mol. The van der Waals surface area contributed by atoms with E-state index in [1.54, 1.807) is 18.2 Å². The van der Waals surface area contributed by atoms with E-state index in [0.29, 0.717) is 16.8 Å². The Morgan fingerprint density at radius 2 is 2.05 bits per heavy atom. The van der Waals surface area contributed by atoms with E-state index in [1.807, 2.05) is 12.1 Å². The van der Waals surface area contributed by atoms with Gasteiger partial charge in [-0.2, -0.15) is 4.98 Å². The summed E-state index contributed by atoms with van der Waals surface area (Å²) in [5.41, 5.74) is 1.19. The molecule has 0 radical (unpaired) electrons. The maximum atomic E-state index is 11.2. The second kappa shape index (κ2) is 5.16. The Hall–Kier alpha value is -3.02. The molecule has 21 heavy (non-hydrogen) atoms. The summed E-state index contributed by atoms with van der Waals surface area (Å²) in [5, 5.41) is 9.18. The van der Waals surface area contributed by atoms with Crippen LogP contribution in [0.25, 0.3) is 11.1 Å². The number of oxazole rings is 1. The van der Waals surface area contributed by atoms with E-state index in [1.165, 1.54) is 19.2 Å². The van der Waals surface area contributed by atoms with Gasteiger partial charge in [-0.15, -0.1) is 0 Å². The zero-order valence-corrected chi connectivity index (χ0v) is 11.1. The predicted octanol–water partition coefficient (Wildman–Crippen LogP) is 3.33. The standard InChI is InChI=1S/C15H11NO5/c1-19-9-6-7-10(14(17)18)13(8-9)21-15-16-11-4-2-3-5-12(11)20-15/h2-8H,1H3,(H,17,18). The largest absolute Gasteiger partial charge is 0.497 e. The van der Waals surface area contributed by atoms with Crippen LogP contribution in [0.1, 0.15) is 10.4 Å². The highest BCUT2D eigenvalue weighted by Gasteiger charge is 2.16. The molecule has 6 heteroatoms. The second-order valence-corrected chi connectivity index (χ2v) is 4.22. The van der Waals surface area contributed by atoms with Crippen molar-refractivity contribution in [1.29, 1.82) is 0 Å². The van der Waals surface area contributed by atoms with Crippen LogP contribution in [-0.2, 0) is 0 Å². The van der Waals surface area contributed by atoms with Crippen LogP contribution >= 0.6 is 0 Å². The maximum Gasteiger partial charge on any atom is 0.400 e. The number of hydrogen-bond acceptors (Lipinski definition) is 5. The first-order valence-corrected chi connectivity index (χ1v) is 6.12. The summed E-state index contributed by atoms with van der Waals surface area (Å²) in [6, 6.07) is 11.6. The topological polar surface area (TPSA) is 81.8 Å². The third kappa shape index (κ3) is 2.51. The molecule has 3 rings (SSSR count). The summed E-state index contributed by atoms with van der Waals surface area (Å²) in [6.45, 7) is 0. The molecule has 0 unspecified atom stereocenters. The molecule has 6 nitrogen and oxygen atoms in total. The molecule has 0 amide bonds. The summed E-state index contributed by atoms with van der Waals surface area (Å²) in [4.78, 5) is 15.4. The minimum Gasteiger partial charge on any atom is -0.497 e. The zero-order chi connectivity index (χ0) is 14.8. The number of aromatic nitrogens is 1. The van der Waals surface area contributed by atoms with Crippen LogP contribution in [-0.4, -0.2) is 23.2 Å². The highest BCUT2D eigenvalue weighted by atomic mass is 16.6. The van der Waals surface area contributed by atoms with Gasteiger partial charge < -0.3 is 19.0 Å². The minimum absolute atomic E-state index is 0.00180. The zero-order valence-electron chi connectivity index (χ0n) is 11.1. The number of benzene rings is 2. The van der Waals surface area contributed by atoms with Gasteiger partial charge in [0.15, 0.2) is 11.3 Å². The van der Waals surface area contributed by atoms with Gasteiger partial charge in [-0.1, -0.05) is 12.1 Å². The first kappa shape index (κ1) is 13.0. The van der Waals surface area contributed by atoms with Gasteiger partial charge in [0, 0.05) is 6.07 Å². The number of nitrogens with zero attached hydrogens (tertiary/aromatic N) is 1. The van der Waals surface area contributed by atoms with E-state index in [2.05, 4.69) is 4.98 Å². The molecule has 0 aliphatic heterocycles. The van der Waals surface area contributed by atoms with Crippen LogP contribution in [0.15, 0.2) is 46.9 Å². The van der Waals surface area contributed by atoms with Crippen molar-refractivity contribution in [2.75, 3.05) is 7.11 Å². The average Bonchev–Trinajstić information content (AvgIpc) is 2.89. The van der Waals surface area contributed by atoms with Crippen molar-refractivity contribution < 1.29 is 23.8 Å². The Morgan fingerprint density at radius 3 is 2.76 bits per heavy atom. The second-order valence-electron chi connectivity index (χ2n) is 4.22. The van der Waals surface area contributed by atoms with Gasteiger partial charge >= 0.3 is 12.0 Å². The Balaban J connectivity index is 2.01.